The van der Waals surface area contributed by atoms with Crippen molar-refractivity contribution < 1.29 is 27.4 Å². The van der Waals surface area contributed by atoms with E-state index in [9.17, 15) is 13.2 Å². The molecule has 3 heterocycles. The molecule has 1 aromatic rings. The monoisotopic (exact) mass is 438 g/mol. The molecule has 9 heteroatoms. The molecule has 8 nitrogen and oxygen atoms in total. The van der Waals surface area contributed by atoms with E-state index in [4.69, 9.17) is 14.2 Å². The first-order valence-electron chi connectivity index (χ1n) is 10.5. The van der Waals surface area contributed by atoms with Gasteiger partial charge in [-0.1, -0.05) is 0 Å². The number of carbonyl (C=O) groups is 1. The van der Waals surface area contributed by atoms with Gasteiger partial charge in [0.25, 0.3) is 0 Å². The van der Waals surface area contributed by atoms with Gasteiger partial charge >= 0.3 is 0 Å². The van der Waals surface area contributed by atoms with Crippen molar-refractivity contribution in [1.82, 2.24) is 9.21 Å². The van der Waals surface area contributed by atoms with Gasteiger partial charge in [0, 0.05) is 46.3 Å². The number of hydrogen-bond donors (Lipinski definition) is 0. The van der Waals surface area contributed by atoms with Crippen LogP contribution in [0.1, 0.15) is 32.1 Å². The molecule has 30 heavy (non-hydrogen) atoms. The number of ether oxygens (including phenoxy) is 3. The molecule has 1 unspecified atom stereocenters. The third kappa shape index (κ3) is 4.29. The second kappa shape index (κ2) is 8.36. The van der Waals surface area contributed by atoms with Crippen LogP contribution in [0.15, 0.2) is 23.1 Å². The van der Waals surface area contributed by atoms with Crippen LogP contribution >= 0.6 is 0 Å². The van der Waals surface area contributed by atoms with Crippen LogP contribution in [0.2, 0.25) is 0 Å². The van der Waals surface area contributed by atoms with E-state index in [0.29, 0.717) is 63.7 Å². The number of sulfonamides is 1. The minimum absolute atomic E-state index is 0.135. The van der Waals surface area contributed by atoms with Crippen LogP contribution in [0.4, 0.5) is 0 Å². The molecule has 0 bridgehead atoms. The lowest BCUT2D eigenvalue weighted by Crippen LogP contribution is -2.51. The summed E-state index contributed by atoms with van der Waals surface area (Å²) in [6.07, 6.45) is 3.50. The van der Waals surface area contributed by atoms with Gasteiger partial charge in [0.05, 0.1) is 10.5 Å². The van der Waals surface area contributed by atoms with Crippen LogP contribution in [0.3, 0.4) is 0 Å². The van der Waals surface area contributed by atoms with Gasteiger partial charge in [0.2, 0.25) is 15.9 Å². The van der Waals surface area contributed by atoms with Crippen molar-refractivity contribution in [2.45, 2.75) is 42.6 Å². The summed E-state index contributed by atoms with van der Waals surface area (Å²) in [5.41, 5.74) is -0.325. The number of carbonyl (C=O) groups excluding carboxylic acids is 1. The molecule has 4 rings (SSSR count). The SMILES string of the molecule is CN(C)C(=O)CC1CCOC2(CCN(S(=O)(=O)c3ccc4c(c3)OCCO4)CC2)C1. The van der Waals surface area contributed by atoms with Crippen LogP contribution in [-0.4, -0.2) is 76.1 Å². The Morgan fingerprint density at radius 2 is 1.83 bits per heavy atom. The quantitative estimate of drug-likeness (QED) is 0.714. The van der Waals surface area contributed by atoms with Gasteiger partial charge in [-0.3, -0.25) is 4.79 Å². The normalized spacial score (nSPS) is 23.9. The van der Waals surface area contributed by atoms with E-state index < -0.39 is 10.0 Å². The van der Waals surface area contributed by atoms with Gasteiger partial charge < -0.3 is 19.1 Å². The fraction of sp³-hybridized carbons (Fsp3) is 0.667. The van der Waals surface area contributed by atoms with E-state index in [1.165, 1.54) is 4.31 Å². The molecule has 0 aromatic heterocycles. The fourth-order valence-corrected chi connectivity index (χ4v) is 6.01. The van der Waals surface area contributed by atoms with Crippen LogP contribution in [0.5, 0.6) is 11.5 Å². The summed E-state index contributed by atoms with van der Waals surface area (Å²) < 4.78 is 45.0. The van der Waals surface area contributed by atoms with E-state index in [2.05, 4.69) is 0 Å². The molecule has 1 spiro atoms. The first-order valence-corrected chi connectivity index (χ1v) is 12.0. The lowest BCUT2D eigenvalue weighted by Gasteiger charge is -2.45. The highest BCUT2D eigenvalue weighted by Gasteiger charge is 2.43. The molecule has 0 aliphatic carbocycles. The van der Waals surface area contributed by atoms with Crippen molar-refractivity contribution in [3.05, 3.63) is 18.2 Å². The lowest BCUT2D eigenvalue weighted by atomic mass is 9.78. The Labute approximate surface area is 178 Å². The Morgan fingerprint density at radius 1 is 1.13 bits per heavy atom. The van der Waals surface area contributed by atoms with Gasteiger partial charge in [-0.25, -0.2) is 8.42 Å². The summed E-state index contributed by atoms with van der Waals surface area (Å²) in [6, 6.07) is 4.78. The molecule has 1 aromatic carbocycles. The molecule has 0 saturated carbocycles. The predicted octanol–water partition coefficient (Wildman–Crippen LogP) is 1.89. The summed E-state index contributed by atoms with van der Waals surface area (Å²) in [6.45, 7) is 2.32. The third-order valence-corrected chi connectivity index (χ3v) is 8.24. The zero-order chi connectivity index (χ0) is 21.4. The molecule has 0 radical (unpaired) electrons. The summed E-state index contributed by atoms with van der Waals surface area (Å²) in [4.78, 5) is 14.0. The van der Waals surface area contributed by atoms with Crippen molar-refractivity contribution in [2.24, 2.45) is 5.92 Å². The van der Waals surface area contributed by atoms with E-state index in [1.807, 2.05) is 0 Å². The summed E-state index contributed by atoms with van der Waals surface area (Å²) in [5, 5.41) is 0. The average molecular weight is 439 g/mol. The molecule has 3 aliphatic rings. The molecule has 3 aliphatic heterocycles. The summed E-state index contributed by atoms with van der Waals surface area (Å²) in [7, 11) is -0.0603. The number of piperidine rings is 1. The number of fused-ring (bicyclic) bond motifs is 1. The van der Waals surface area contributed by atoms with Gasteiger partial charge in [-0.05, 0) is 43.7 Å². The molecular weight excluding hydrogens is 408 g/mol. The number of hydrogen-bond acceptors (Lipinski definition) is 6. The maximum atomic E-state index is 13.2. The van der Waals surface area contributed by atoms with Crippen LogP contribution in [-0.2, 0) is 19.6 Å². The number of benzene rings is 1. The second-order valence-electron chi connectivity index (χ2n) is 8.59. The second-order valence-corrected chi connectivity index (χ2v) is 10.5. The molecule has 166 valence electrons. The Bertz CT molecular complexity index is 893. The minimum atomic E-state index is -3.61. The van der Waals surface area contributed by atoms with Crippen molar-refractivity contribution in [3.63, 3.8) is 0 Å². The van der Waals surface area contributed by atoms with Crippen LogP contribution < -0.4 is 9.47 Å². The highest BCUT2D eigenvalue weighted by Crippen LogP contribution is 2.40. The van der Waals surface area contributed by atoms with E-state index in [1.54, 1.807) is 37.2 Å². The summed E-state index contributed by atoms with van der Waals surface area (Å²) in [5.74, 6) is 1.47. The zero-order valence-electron chi connectivity index (χ0n) is 17.6. The molecule has 1 amide bonds. The number of nitrogens with zero attached hydrogens (tertiary/aromatic N) is 2. The average Bonchev–Trinajstić information content (AvgIpc) is 2.73. The van der Waals surface area contributed by atoms with Gasteiger partial charge in [-0.2, -0.15) is 4.31 Å². The molecule has 1 atom stereocenters. The predicted molar refractivity (Wildman–Crippen MR) is 110 cm³/mol. The van der Waals surface area contributed by atoms with Gasteiger partial charge in [0.1, 0.15) is 13.2 Å². The first-order chi connectivity index (χ1) is 14.3. The van der Waals surface area contributed by atoms with Crippen molar-refractivity contribution in [1.29, 1.82) is 0 Å². The molecule has 0 N–H and O–H groups in total. The van der Waals surface area contributed by atoms with E-state index in [0.717, 1.165) is 12.8 Å². The highest BCUT2D eigenvalue weighted by atomic mass is 32.2. The zero-order valence-corrected chi connectivity index (χ0v) is 18.4. The Kier molecular flexibility index (Phi) is 5.96. The maximum absolute atomic E-state index is 13.2. The van der Waals surface area contributed by atoms with Crippen molar-refractivity contribution in [2.75, 3.05) is 47.0 Å². The topological polar surface area (TPSA) is 85.4 Å². The Hall–Kier alpha value is -1.84. The van der Waals surface area contributed by atoms with Crippen LogP contribution in [0.25, 0.3) is 0 Å². The van der Waals surface area contributed by atoms with E-state index in [-0.39, 0.29) is 22.3 Å². The molecule has 2 saturated heterocycles. The summed E-state index contributed by atoms with van der Waals surface area (Å²) >= 11 is 0. The lowest BCUT2D eigenvalue weighted by molar-refractivity contribution is -0.138. The van der Waals surface area contributed by atoms with Crippen LogP contribution in [0, 0.1) is 5.92 Å². The Balaban J connectivity index is 1.41. The Morgan fingerprint density at radius 3 is 2.53 bits per heavy atom. The minimum Gasteiger partial charge on any atom is -0.486 e. The van der Waals surface area contributed by atoms with E-state index >= 15 is 0 Å². The van der Waals surface area contributed by atoms with Crippen molar-refractivity contribution in [3.8, 4) is 11.5 Å². The third-order valence-electron chi connectivity index (χ3n) is 6.34. The molecule has 2 fully saturated rings. The van der Waals surface area contributed by atoms with Gasteiger partial charge in [0.15, 0.2) is 11.5 Å². The maximum Gasteiger partial charge on any atom is 0.243 e. The van der Waals surface area contributed by atoms with Crippen molar-refractivity contribution >= 4 is 15.9 Å². The number of amides is 1. The molecular formula is C21H30N2O6S. The standard InChI is InChI=1S/C21H30N2O6S/c1-22(2)20(24)13-16-5-10-29-21(15-16)6-8-23(9-7-21)30(25,26)17-3-4-18-19(14-17)28-12-11-27-18/h3-4,14,16H,5-13,15H2,1-2H3. The highest BCUT2D eigenvalue weighted by molar-refractivity contribution is 7.89. The largest absolute Gasteiger partial charge is 0.486 e. The smallest absolute Gasteiger partial charge is 0.243 e. The first kappa shape index (κ1) is 21.4. The fourth-order valence-electron chi connectivity index (χ4n) is 4.55. The van der Waals surface area contributed by atoms with Gasteiger partial charge in [-0.15, -0.1) is 0 Å². The number of rotatable bonds is 4.